The highest BCUT2D eigenvalue weighted by Gasteiger charge is 2.25. The molecule has 182 valence electrons. The van der Waals surface area contributed by atoms with E-state index in [0.29, 0.717) is 29.9 Å². The zero-order valence-electron chi connectivity index (χ0n) is 20.5. The fraction of sp³-hybridized carbons (Fsp3) is 0.207. The highest BCUT2D eigenvalue weighted by atomic mass is 16.7. The Kier molecular flexibility index (Phi) is 6.29. The molecule has 0 aliphatic carbocycles. The number of ether oxygens (including phenoxy) is 2. The van der Waals surface area contributed by atoms with E-state index >= 15 is 0 Å². The van der Waals surface area contributed by atoms with E-state index < -0.39 is 11.8 Å². The van der Waals surface area contributed by atoms with Crippen molar-refractivity contribution in [2.24, 2.45) is 0 Å². The maximum absolute atomic E-state index is 12.7. The molecule has 0 amide bonds. The van der Waals surface area contributed by atoms with E-state index in [2.05, 4.69) is 12.1 Å². The summed E-state index contributed by atoms with van der Waals surface area (Å²) >= 11 is 0. The lowest BCUT2D eigenvalue weighted by Gasteiger charge is -2.18. The average molecular weight is 482 g/mol. The fourth-order valence-corrected chi connectivity index (χ4v) is 3.94. The lowest BCUT2D eigenvalue weighted by Crippen LogP contribution is -2.26. The molecule has 0 radical (unpaired) electrons. The normalized spacial score (nSPS) is 11.5. The van der Waals surface area contributed by atoms with Crippen LogP contribution in [0.3, 0.4) is 0 Å². The van der Waals surface area contributed by atoms with Crippen molar-refractivity contribution < 1.29 is 18.7 Å². The zero-order valence-corrected chi connectivity index (χ0v) is 20.5. The van der Waals surface area contributed by atoms with Gasteiger partial charge in [0, 0.05) is 18.2 Å². The van der Waals surface area contributed by atoms with E-state index in [4.69, 9.17) is 23.9 Å². The first-order valence-corrected chi connectivity index (χ1v) is 11.8. The van der Waals surface area contributed by atoms with Gasteiger partial charge in [-0.25, -0.2) is 14.8 Å². The monoisotopic (exact) mass is 481 g/mol. The van der Waals surface area contributed by atoms with Gasteiger partial charge in [0.15, 0.2) is 5.65 Å². The summed E-state index contributed by atoms with van der Waals surface area (Å²) in [5.41, 5.74) is 4.01. The number of nitrogens with zero attached hydrogens (tertiary/aromatic N) is 3. The van der Waals surface area contributed by atoms with Gasteiger partial charge in [0.25, 0.3) is 0 Å². The maximum Gasteiger partial charge on any atom is 0.515 e. The molecule has 0 spiro atoms. The Morgan fingerprint density at radius 2 is 1.61 bits per heavy atom. The van der Waals surface area contributed by atoms with E-state index in [0.717, 1.165) is 22.5 Å². The molecule has 0 saturated heterocycles. The van der Waals surface area contributed by atoms with Crippen LogP contribution in [0.25, 0.3) is 16.9 Å². The molecule has 3 aromatic heterocycles. The summed E-state index contributed by atoms with van der Waals surface area (Å²) < 4.78 is 18.6. The standard InChI is InChI=1S/C29H27N3O4/c1-29(2,3)36-28(33)35-27-24(18-22-15-10-16-34-22)31-26-23(17-20-11-6-4-7-12-20)30-25(19-32(26)27)21-13-8-5-9-14-21/h4-16,19H,17-18H2,1-3H3. The van der Waals surface area contributed by atoms with Gasteiger partial charge in [-0.2, -0.15) is 0 Å². The van der Waals surface area contributed by atoms with Crippen LogP contribution in [-0.2, 0) is 17.6 Å². The van der Waals surface area contributed by atoms with Crippen LogP contribution in [0.2, 0.25) is 0 Å². The lowest BCUT2D eigenvalue weighted by atomic mass is 10.1. The SMILES string of the molecule is CC(C)(C)OC(=O)Oc1c(Cc2ccco2)nc2c(Cc3ccccc3)nc(-c3ccccc3)cn12. The number of fused-ring (bicyclic) bond motifs is 1. The second kappa shape index (κ2) is 9.70. The summed E-state index contributed by atoms with van der Waals surface area (Å²) in [6.45, 7) is 5.38. The van der Waals surface area contributed by atoms with E-state index in [9.17, 15) is 4.79 Å². The molecule has 7 nitrogen and oxygen atoms in total. The summed E-state index contributed by atoms with van der Waals surface area (Å²) in [6.07, 6.45) is 3.56. The summed E-state index contributed by atoms with van der Waals surface area (Å²) in [5, 5.41) is 0. The molecule has 0 fully saturated rings. The molecule has 5 rings (SSSR count). The number of rotatable bonds is 6. The molecule has 3 heterocycles. The summed E-state index contributed by atoms with van der Waals surface area (Å²) in [4.78, 5) is 22.6. The van der Waals surface area contributed by atoms with Crippen LogP contribution in [0.15, 0.2) is 89.7 Å². The summed E-state index contributed by atoms with van der Waals surface area (Å²) in [7, 11) is 0. The second-order valence-corrected chi connectivity index (χ2v) is 9.48. The van der Waals surface area contributed by atoms with Crippen molar-refractivity contribution >= 4 is 11.8 Å². The Bertz CT molecular complexity index is 1470. The Morgan fingerprint density at radius 3 is 2.28 bits per heavy atom. The van der Waals surface area contributed by atoms with Gasteiger partial charge in [-0.05, 0) is 38.5 Å². The molecule has 0 aliphatic heterocycles. The van der Waals surface area contributed by atoms with Gasteiger partial charge in [-0.3, -0.25) is 4.40 Å². The molecular weight excluding hydrogens is 454 g/mol. The van der Waals surface area contributed by atoms with Crippen molar-refractivity contribution in [3.05, 3.63) is 108 Å². The third kappa shape index (κ3) is 5.30. The number of imidazole rings is 1. The van der Waals surface area contributed by atoms with Crippen LogP contribution in [0, 0.1) is 0 Å². The van der Waals surface area contributed by atoms with Gasteiger partial charge in [-0.1, -0.05) is 60.7 Å². The second-order valence-electron chi connectivity index (χ2n) is 9.48. The Hall–Kier alpha value is -4.39. The predicted molar refractivity (Wildman–Crippen MR) is 136 cm³/mol. The molecule has 0 atom stereocenters. The Labute approximate surface area is 209 Å². The molecule has 7 heteroatoms. The number of carbonyl (C=O) groups is 1. The van der Waals surface area contributed by atoms with Crippen molar-refractivity contribution in [1.29, 1.82) is 0 Å². The topological polar surface area (TPSA) is 78.9 Å². The number of furan rings is 1. The predicted octanol–water partition coefficient (Wildman–Crippen LogP) is 6.48. The van der Waals surface area contributed by atoms with Crippen molar-refractivity contribution in [1.82, 2.24) is 14.4 Å². The van der Waals surface area contributed by atoms with Gasteiger partial charge in [0.05, 0.1) is 24.1 Å². The molecular formula is C29H27N3O4. The Balaban J connectivity index is 1.68. The minimum Gasteiger partial charge on any atom is -0.469 e. The van der Waals surface area contributed by atoms with Crippen molar-refractivity contribution in [3.8, 4) is 17.1 Å². The number of carbonyl (C=O) groups excluding carboxylic acids is 1. The van der Waals surface area contributed by atoms with Gasteiger partial charge >= 0.3 is 6.16 Å². The zero-order chi connectivity index (χ0) is 25.1. The van der Waals surface area contributed by atoms with Crippen LogP contribution in [0.1, 0.15) is 43.5 Å². The molecule has 0 unspecified atom stereocenters. The third-order valence-corrected chi connectivity index (χ3v) is 5.47. The van der Waals surface area contributed by atoms with E-state index in [1.54, 1.807) is 31.4 Å². The maximum atomic E-state index is 12.7. The average Bonchev–Trinajstić information content (AvgIpc) is 3.48. The quantitative estimate of drug-likeness (QED) is 0.258. The van der Waals surface area contributed by atoms with Crippen molar-refractivity contribution in [3.63, 3.8) is 0 Å². The lowest BCUT2D eigenvalue weighted by molar-refractivity contribution is 0.0193. The number of benzene rings is 2. The minimum absolute atomic E-state index is 0.282. The first kappa shape index (κ1) is 23.4. The van der Waals surface area contributed by atoms with Crippen LogP contribution in [0.5, 0.6) is 5.88 Å². The highest BCUT2D eigenvalue weighted by molar-refractivity contribution is 5.67. The van der Waals surface area contributed by atoms with Gasteiger partial charge < -0.3 is 13.9 Å². The highest BCUT2D eigenvalue weighted by Crippen LogP contribution is 2.30. The molecule has 2 aromatic carbocycles. The first-order chi connectivity index (χ1) is 17.4. The molecule has 0 saturated carbocycles. The van der Waals surface area contributed by atoms with Crippen molar-refractivity contribution in [2.45, 2.75) is 39.2 Å². The van der Waals surface area contributed by atoms with Gasteiger partial charge in [0.1, 0.15) is 17.1 Å². The largest absolute Gasteiger partial charge is 0.515 e. The molecule has 0 bridgehead atoms. The fourth-order valence-electron chi connectivity index (χ4n) is 3.94. The number of hydrogen-bond donors (Lipinski definition) is 0. The van der Waals surface area contributed by atoms with E-state index in [1.165, 1.54) is 0 Å². The number of hydrogen-bond acceptors (Lipinski definition) is 6. The molecule has 0 aliphatic rings. The molecule has 0 N–H and O–H groups in total. The van der Waals surface area contributed by atoms with Crippen molar-refractivity contribution in [2.75, 3.05) is 0 Å². The third-order valence-electron chi connectivity index (χ3n) is 5.47. The summed E-state index contributed by atoms with van der Waals surface area (Å²) in [6, 6.07) is 23.6. The van der Waals surface area contributed by atoms with Crippen LogP contribution in [0.4, 0.5) is 4.79 Å². The van der Waals surface area contributed by atoms with Crippen LogP contribution in [-0.4, -0.2) is 26.1 Å². The van der Waals surface area contributed by atoms with E-state index in [1.807, 2.05) is 66.9 Å². The first-order valence-electron chi connectivity index (χ1n) is 11.8. The van der Waals surface area contributed by atoms with Gasteiger partial charge in [0.2, 0.25) is 5.88 Å². The van der Waals surface area contributed by atoms with Gasteiger partial charge in [-0.15, -0.1) is 0 Å². The summed E-state index contributed by atoms with van der Waals surface area (Å²) in [5.74, 6) is 0.984. The smallest absolute Gasteiger partial charge is 0.469 e. The molecule has 5 aromatic rings. The van der Waals surface area contributed by atoms with Crippen LogP contribution >= 0.6 is 0 Å². The van der Waals surface area contributed by atoms with Crippen LogP contribution < -0.4 is 4.74 Å². The Morgan fingerprint density at radius 1 is 0.889 bits per heavy atom. The van der Waals surface area contributed by atoms with E-state index in [-0.39, 0.29) is 5.88 Å². The molecule has 36 heavy (non-hydrogen) atoms. The number of aromatic nitrogens is 3. The minimum atomic E-state index is -0.798.